The molecule has 0 aliphatic carbocycles. The Morgan fingerprint density at radius 2 is 2.22 bits per heavy atom. The van der Waals surface area contributed by atoms with Crippen LogP contribution < -0.4 is 5.32 Å². The second-order valence-corrected chi connectivity index (χ2v) is 4.22. The van der Waals surface area contributed by atoms with Crippen molar-refractivity contribution in [2.24, 2.45) is 0 Å². The summed E-state index contributed by atoms with van der Waals surface area (Å²) in [4.78, 5) is 31.0. The van der Waals surface area contributed by atoms with E-state index in [1.165, 1.54) is 0 Å². The van der Waals surface area contributed by atoms with Crippen LogP contribution in [0.25, 0.3) is 0 Å². The number of piperazine rings is 1. The number of hydrogen-bond donors (Lipinski definition) is 1. The summed E-state index contributed by atoms with van der Waals surface area (Å²) in [5.74, 6) is 0.481. The van der Waals surface area contributed by atoms with Crippen molar-refractivity contribution in [2.75, 3.05) is 39.0 Å². The summed E-state index contributed by atoms with van der Waals surface area (Å²) >= 11 is 0. The summed E-state index contributed by atoms with van der Waals surface area (Å²) in [6.45, 7) is 1.29. The number of anilines is 1. The Labute approximate surface area is 106 Å². The third-order valence-corrected chi connectivity index (χ3v) is 3.01. The summed E-state index contributed by atoms with van der Waals surface area (Å²) in [5.41, 5.74) is 0.548. The highest BCUT2D eigenvalue weighted by molar-refractivity contribution is 5.97. The van der Waals surface area contributed by atoms with E-state index < -0.39 is 0 Å². The van der Waals surface area contributed by atoms with Crippen molar-refractivity contribution in [1.29, 1.82) is 0 Å². The minimum atomic E-state index is -0.129. The quantitative estimate of drug-likeness (QED) is 0.802. The lowest BCUT2D eigenvalue weighted by molar-refractivity contribution is -0.133. The Morgan fingerprint density at radius 1 is 1.44 bits per heavy atom. The molecule has 96 valence electrons. The molecule has 1 aliphatic heterocycles. The highest BCUT2D eigenvalue weighted by atomic mass is 16.2. The first-order chi connectivity index (χ1) is 8.61. The molecule has 0 saturated carbocycles. The molecular formula is C12H16N4O2. The molecule has 6 nitrogen and oxygen atoms in total. The van der Waals surface area contributed by atoms with Crippen LogP contribution >= 0.6 is 0 Å². The van der Waals surface area contributed by atoms with Crippen molar-refractivity contribution in [3.05, 3.63) is 23.9 Å². The molecule has 0 atom stereocenters. The molecule has 2 rings (SSSR count). The average molecular weight is 248 g/mol. The number of likely N-dealkylation sites (N-methyl/N-ethyl adjacent to an activating group) is 1. The fourth-order valence-electron chi connectivity index (χ4n) is 1.81. The van der Waals surface area contributed by atoms with Gasteiger partial charge in [0.15, 0.2) is 0 Å². The van der Waals surface area contributed by atoms with Gasteiger partial charge in [0.1, 0.15) is 12.4 Å². The lowest BCUT2D eigenvalue weighted by atomic mass is 10.2. The Bertz CT molecular complexity index is 475. The summed E-state index contributed by atoms with van der Waals surface area (Å²) < 4.78 is 0. The minimum absolute atomic E-state index is 0.0301. The van der Waals surface area contributed by atoms with E-state index in [1.807, 2.05) is 0 Å². The summed E-state index contributed by atoms with van der Waals surface area (Å²) in [7, 11) is 3.49. The number of amides is 2. The van der Waals surface area contributed by atoms with E-state index >= 15 is 0 Å². The summed E-state index contributed by atoms with van der Waals surface area (Å²) in [6, 6.07) is 3.34. The van der Waals surface area contributed by atoms with Gasteiger partial charge >= 0.3 is 0 Å². The molecule has 1 saturated heterocycles. The van der Waals surface area contributed by atoms with Gasteiger partial charge in [-0.15, -0.1) is 0 Å². The van der Waals surface area contributed by atoms with Gasteiger partial charge in [0.05, 0.1) is 0 Å². The molecule has 1 fully saturated rings. The molecule has 18 heavy (non-hydrogen) atoms. The van der Waals surface area contributed by atoms with E-state index in [0.717, 1.165) is 0 Å². The van der Waals surface area contributed by atoms with E-state index in [-0.39, 0.29) is 18.4 Å². The molecule has 1 aromatic rings. The molecule has 1 aliphatic rings. The van der Waals surface area contributed by atoms with Crippen LogP contribution in [0.3, 0.4) is 0 Å². The topological polar surface area (TPSA) is 65.5 Å². The van der Waals surface area contributed by atoms with Gasteiger partial charge in [-0.1, -0.05) is 0 Å². The van der Waals surface area contributed by atoms with Gasteiger partial charge < -0.3 is 15.1 Å². The van der Waals surface area contributed by atoms with Crippen LogP contribution in [-0.4, -0.2) is 60.3 Å². The maximum Gasteiger partial charge on any atom is 0.254 e. The maximum atomic E-state index is 12.2. The van der Waals surface area contributed by atoms with Crippen LogP contribution in [0.5, 0.6) is 0 Å². The summed E-state index contributed by atoms with van der Waals surface area (Å²) in [5, 5.41) is 2.88. The predicted octanol–water partition coefficient (Wildman–Crippen LogP) is 0.0375. The zero-order valence-electron chi connectivity index (χ0n) is 10.5. The van der Waals surface area contributed by atoms with Crippen molar-refractivity contribution >= 4 is 17.6 Å². The molecule has 0 spiro atoms. The molecule has 0 radical (unpaired) electrons. The van der Waals surface area contributed by atoms with Crippen molar-refractivity contribution in [3.63, 3.8) is 0 Å². The molecule has 2 heterocycles. The van der Waals surface area contributed by atoms with Gasteiger partial charge in [0, 0.05) is 38.9 Å². The number of pyridine rings is 1. The van der Waals surface area contributed by atoms with Gasteiger partial charge in [0.2, 0.25) is 5.91 Å². The van der Waals surface area contributed by atoms with E-state index in [2.05, 4.69) is 10.3 Å². The second kappa shape index (κ2) is 5.03. The number of nitrogens with zero attached hydrogens (tertiary/aromatic N) is 3. The van der Waals surface area contributed by atoms with Crippen LogP contribution in [0.2, 0.25) is 0 Å². The zero-order valence-corrected chi connectivity index (χ0v) is 10.5. The minimum Gasteiger partial charge on any atom is -0.373 e. The molecule has 0 aromatic carbocycles. The maximum absolute atomic E-state index is 12.2. The number of aromatic nitrogens is 1. The van der Waals surface area contributed by atoms with E-state index in [4.69, 9.17) is 0 Å². The van der Waals surface area contributed by atoms with E-state index in [0.29, 0.717) is 24.5 Å². The van der Waals surface area contributed by atoms with Crippen LogP contribution in [0.4, 0.5) is 5.82 Å². The number of rotatable bonds is 2. The lowest BCUT2D eigenvalue weighted by Crippen LogP contribution is -2.50. The fraction of sp³-hybridized carbons (Fsp3) is 0.417. The smallest absolute Gasteiger partial charge is 0.254 e. The van der Waals surface area contributed by atoms with Crippen LogP contribution in [0, 0.1) is 0 Å². The van der Waals surface area contributed by atoms with Crippen LogP contribution in [0.15, 0.2) is 18.3 Å². The van der Waals surface area contributed by atoms with Crippen molar-refractivity contribution in [3.8, 4) is 0 Å². The second-order valence-electron chi connectivity index (χ2n) is 4.22. The van der Waals surface area contributed by atoms with Gasteiger partial charge in [-0.05, 0) is 12.1 Å². The molecule has 6 heteroatoms. The Morgan fingerprint density at radius 3 is 2.89 bits per heavy atom. The highest BCUT2D eigenvalue weighted by Crippen LogP contribution is 2.11. The SMILES string of the molecule is CNc1cc(C(=O)N2CCN(C)C(=O)C2)ccn1. The van der Waals surface area contributed by atoms with Crippen LogP contribution in [-0.2, 0) is 4.79 Å². The van der Waals surface area contributed by atoms with Crippen LogP contribution in [0.1, 0.15) is 10.4 Å². The number of carbonyl (C=O) groups excluding carboxylic acids is 2. The Hall–Kier alpha value is -2.11. The molecule has 0 bridgehead atoms. The monoisotopic (exact) mass is 248 g/mol. The van der Waals surface area contributed by atoms with Crippen molar-refractivity contribution in [1.82, 2.24) is 14.8 Å². The summed E-state index contributed by atoms with van der Waals surface area (Å²) in [6.07, 6.45) is 1.58. The first-order valence-electron chi connectivity index (χ1n) is 5.79. The van der Waals surface area contributed by atoms with E-state index in [1.54, 1.807) is 42.2 Å². The Balaban J connectivity index is 2.13. The lowest BCUT2D eigenvalue weighted by Gasteiger charge is -2.32. The fourth-order valence-corrected chi connectivity index (χ4v) is 1.81. The number of hydrogen-bond acceptors (Lipinski definition) is 4. The molecular weight excluding hydrogens is 232 g/mol. The average Bonchev–Trinajstić information content (AvgIpc) is 2.41. The normalized spacial score (nSPS) is 15.8. The number of carbonyl (C=O) groups is 2. The largest absolute Gasteiger partial charge is 0.373 e. The number of nitrogens with one attached hydrogen (secondary N) is 1. The first kappa shape index (κ1) is 12.3. The third-order valence-electron chi connectivity index (χ3n) is 3.01. The first-order valence-corrected chi connectivity index (χ1v) is 5.79. The predicted molar refractivity (Wildman–Crippen MR) is 67.3 cm³/mol. The standard InChI is InChI=1S/C12H16N4O2/c1-13-10-7-9(3-4-14-10)12(18)16-6-5-15(2)11(17)8-16/h3-4,7H,5-6,8H2,1-2H3,(H,13,14). The van der Waals surface area contributed by atoms with Gasteiger partial charge in [0.25, 0.3) is 5.91 Å². The highest BCUT2D eigenvalue weighted by Gasteiger charge is 2.25. The molecule has 0 unspecified atom stereocenters. The molecule has 1 aromatic heterocycles. The molecule has 2 amide bonds. The van der Waals surface area contributed by atoms with Gasteiger partial charge in [-0.2, -0.15) is 0 Å². The van der Waals surface area contributed by atoms with Gasteiger partial charge in [-0.25, -0.2) is 4.98 Å². The van der Waals surface area contributed by atoms with Crippen molar-refractivity contribution < 1.29 is 9.59 Å². The van der Waals surface area contributed by atoms with E-state index in [9.17, 15) is 9.59 Å². The van der Waals surface area contributed by atoms with Crippen molar-refractivity contribution in [2.45, 2.75) is 0 Å². The third kappa shape index (κ3) is 2.42. The molecule has 1 N–H and O–H groups in total. The Kier molecular flexibility index (Phi) is 3.45. The zero-order chi connectivity index (χ0) is 13.1. The van der Waals surface area contributed by atoms with Gasteiger partial charge in [-0.3, -0.25) is 9.59 Å².